The summed E-state index contributed by atoms with van der Waals surface area (Å²) in [6.07, 6.45) is 0. The molecule has 4 heteroatoms. The molecule has 1 aromatic heterocycles. The molecule has 0 unspecified atom stereocenters. The van der Waals surface area contributed by atoms with Crippen molar-refractivity contribution in [3.63, 3.8) is 0 Å². The van der Waals surface area contributed by atoms with Crippen LogP contribution >= 0.6 is 11.3 Å². The van der Waals surface area contributed by atoms with Gasteiger partial charge in [-0.15, -0.1) is 11.3 Å². The number of amides is 1. The van der Waals surface area contributed by atoms with Gasteiger partial charge in [-0.1, -0.05) is 6.07 Å². The molecule has 0 atom stereocenters. The summed E-state index contributed by atoms with van der Waals surface area (Å²) in [4.78, 5) is 12.9. The Morgan fingerprint density at radius 1 is 1.28 bits per heavy atom. The van der Waals surface area contributed by atoms with E-state index in [0.29, 0.717) is 11.4 Å². The molecule has 3 nitrogen and oxygen atoms in total. The lowest BCUT2D eigenvalue weighted by Gasteiger charge is -2.10. The van der Waals surface area contributed by atoms with E-state index in [1.54, 1.807) is 7.11 Å². The van der Waals surface area contributed by atoms with Crippen LogP contribution in [-0.4, -0.2) is 13.0 Å². The summed E-state index contributed by atoms with van der Waals surface area (Å²) in [6.45, 7) is 3.91. The van der Waals surface area contributed by atoms with Crippen molar-refractivity contribution < 1.29 is 9.53 Å². The third-order valence-corrected chi connectivity index (χ3v) is 3.69. The Labute approximate surface area is 110 Å². The molecule has 18 heavy (non-hydrogen) atoms. The van der Waals surface area contributed by atoms with Crippen molar-refractivity contribution in [2.24, 2.45) is 0 Å². The number of aryl methyl sites for hydroxylation is 2. The number of hydrogen-bond acceptors (Lipinski definition) is 3. The summed E-state index contributed by atoms with van der Waals surface area (Å²) in [6, 6.07) is 7.64. The number of thiophene rings is 1. The quantitative estimate of drug-likeness (QED) is 0.916. The van der Waals surface area contributed by atoms with Gasteiger partial charge in [0.25, 0.3) is 5.91 Å². The van der Waals surface area contributed by atoms with Crippen LogP contribution in [0.5, 0.6) is 5.75 Å². The van der Waals surface area contributed by atoms with Crippen LogP contribution in [0.3, 0.4) is 0 Å². The predicted molar refractivity (Wildman–Crippen MR) is 74.7 cm³/mol. The molecule has 2 rings (SSSR count). The lowest BCUT2D eigenvalue weighted by Crippen LogP contribution is -2.12. The van der Waals surface area contributed by atoms with Crippen LogP contribution in [0, 0.1) is 13.8 Å². The third kappa shape index (κ3) is 2.54. The molecule has 1 amide bonds. The molecule has 0 radical (unpaired) electrons. The van der Waals surface area contributed by atoms with E-state index in [2.05, 4.69) is 5.32 Å². The van der Waals surface area contributed by atoms with Crippen molar-refractivity contribution in [3.05, 3.63) is 45.6 Å². The average molecular weight is 261 g/mol. The Morgan fingerprint density at radius 2 is 2.06 bits per heavy atom. The Bertz CT molecular complexity index is 575. The molecule has 0 bridgehead atoms. The number of rotatable bonds is 3. The van der Waals surface area contributed by atoms with Crippen LogP contribution in [0.25, 0.3) is 0 Å². The molecule has 0 saturated carbocycles. The molecule has 1 aromatic carbocycles. The Morgan fingerprint density at radius 3 is 2.67 bits per heavy atom. The number of ether oxygens (including phenoxy) is 1. The van der Waals surface area contributed by atoms with E-state index < -0.39 is 0 Å². The Hall–Kier alpha value is -1.81. The largest absolute Gasteiger partial charge is 0.495 e. The van der Waals surface area contributed by atoms with Crippen molar-refractivity contribution in [3.8, 4) is 5.75 Å². The number of benzene rings is 1. The van der Waals surface area contributed by atoms with E-state index in [9.17, 15) is 4.79 Å². The minimum atomic E-state index is -0.0913. The second kappa shape index (κ2) is 5.23. The first-order valence-electron chi connectivity index (χ1n) is 5.62. The van der Waals surface area contributed by atoms with Crippen LogP contribution in [0.2, 0.25) is 0 Å². The van der Waals surface area contributed by atoms with E-state index in [0.717, 1.165) is 16.0 Å². The number of carbonyl (C=O) groups excluding carboxylic acids is 1. The van der Waals surface area contributed by atoms with Crippen LogP contribution in [0.15, 0.2) is 29.6 Å². The first-order valence-corrected chi connectivity index (χ1v) is 6.50. The second-order valence-corrected chi connectivity index (χ2v) is 5.01. The van der Waals surface area contributed by atoms with Crippen LogP contribution in [-0.2, 0) is 0 Å². The van der Waals surface area contributed by atoms with E-state index in [-0.39, 0.29) is 5.91 Å². The van der Waals surface area contributed by atoms with E-state index in [1.165, 1.54) is 11.3 Å². The summed E-state index contributed by atoms with van der Waals surface area (Å²) in [5.41, 5.74) is 2.77. The van der Waals surface area contributed by atoms with Crippen molar-refractivity contribution in [1.82, 2.24) is 0 Å². The molecule has 0 aliphatic rings. The molecule has 1 N–H and O–H groups in total. The van der Waals surface area contributed by atoms with Gasteiger partial charge >= 0.3 is 0 Å². The fourth-order valence-corrected chi connectivity index (χ4v) is 2.52. The number of nitrogens with one attached hydrogen (secondary N) is 1. The molecule has 0 spiro atoms. The fraction of sp³-hybridized carbons (Fsp3) is 0.214. The lowest BCUT2D eigenvalue weighted by molar-refractivity contribution is 0.102. The van der Waals surface area contributed by atoms with Gasteiger partial charge in [0, 0.05) is 0 Å². The topological polar surface area (TPSA) is 38.3 Å². The molecule has 0 saturated heterocycles. The predicted octanol–water partition coefficient (Wildman–Crippen LogP) is 3.63. The zero-order chi connectivity index (χ0) is 13.1. The molecule has 2 aromatic rings. The van der Waals surface area contributed by atoms with Crippen molar-refractivity contribution in [1.29, 1.82) is 0 Å². The maximum atomic E-state index is 12.1. The van der Waals surface area contributed by atoms with Gasteiger partial charge in [-0.25, -0.2) is 0 Å². The normalized spacial score (nSPS) is 10.2. The zero-order valence-electron chi connectivity index (χ0n) is 10.6. The minimum Gasteiger partial charge on any atom is -0.495 e. The molecular weight excluding hydrogens is 246 g/mol. The van der Waals surface area contributed by atoms with E-state index >= 15 is 0 Å². The van der Waals surface area contributed by atoms with Gasteiger partial charge in [0.2, 0.25) is 0 Å². The fourth-order valence-electron chi connectivity index (χ4n) is 1.70. The first kappa shape index (κ1) is 12.6. The highest BCUT2D eigenvalue weighted by atomic mass is 32.1. The van der Waals surface area contributed by atoms with Gasteiger partial charge in [0.05, 0.1) is 17.7 Å². The van der Waals surface area contributed by atoms with Gasteiger partial charge in [0.15, 0.2) is 0 Å². The molecule has 94 valence electrons. The highest BCUT2D eigenvalue weighted by Crippen LogP contribution is 2.26. The summed E-state index contributed by atoms with van der Waals surface area (Å²) >= 11 is 1.44. The summed E-state index contributed by atoms with van der Waals surface area (Å²) in [7, 11) is 1.59. The van der Waals surface area contributed by atoms with Gasteiger partial charge in [0.1, 0.15) is 5.75 Å². The maximum Gasteiger partial charge on any atom is 0.266 e. The van der Waals surface area contributed by atoms with Gasteiger partial charge < -0.3 is 10.1 Å². The Balaban J connectivity index is 2.27. The molecule has 0 aliphatic carbocycles. The number of hydrogen-bond donors (Lipinski definition) is 1. The molecule has 0 aliphatic heterocycles. The second-order valence-electron chi connectivity index (χ2n) is 4.09. The number of methoxy groups -OCH3 is 1. The SMILES string of the molecule is COc1ccc(C)cc1NC(=O)c1sccc1C. The highest BCUT2D eigenvalue weighted by Gasteiger charge is 2.13. The maximum absolute atomic E-state index is 12.1. The van der Waals surface area contributed by atoms with Crippen molar-refractivity contribution in [2.75, 3.05) is 12.4 Å². The third-order valence-electron chi connectivity index (χ3n) is 2.67. The summed E-state index contributed by atoms with van der Waals surface area (Å²) < 4.78 is 5.24. The zero-order valence-corrected chi connectivity index (χ0v) is 11.4. The lowest BCUT2D eigenvalue weighted by atomic mass is 10.2. The smallest absolute Gasteiger partial charge is 0.266 e. The summed E-state index contributed by atoms with van der Waals surface area (Å²) in [5, 5.41) is 4.81. The van der Waals surface area contributed by atoms with E-state index in [1.807, 2.05) is 43.5 Å². The van der Waals surface area contributed by atoms with Gasteiger partial charge in [-0.2, -0.15) is 0 Å². The van der Waals surface area contributed by atoms with Crippen LogP contribution in [0.4, 0.5) is 5.69 Å². The molecule has 1 heterocycles. The van der Waals surface area contributed by atoms with Crippen LogP contribution < -0.4 is 10.1 Å². The monoisotopic (exact) mass is 261 g/mol. The van der Waals surface area contributed by atoms with Gasteiger partial charge in [-0.3, -0.25) is 4.79 Å². The molecular formula is C14H15NO2S. The number of carbonyl (C=O) groups is 1. The standard InChI is InChI=1S/C14H15NO2S/c1-9-4-5-12(17-3)11(8-9)15-14(16)13-10(2)6-7-18-13/h4-8H,1-3H3,(H,15,16). The number of anilines is 1. The minimum absolute atomic E-state index is 0.0913. The average Bonchev–Trinajstić information content (AvgIpc) is 2.76. The van der Waals surface area contributed by atoms with Crippen LogP contribution in [0.1, 0.15) is 20.8 Å². The summed E-state index contributed by atoms with van der Waals surface area (Å²) in [5.74, 6) is 0.578. The Kier molecular flexibility index (Phi) is 3.67. The molecule has 0 fully saturated rings. The van der Waals surface area contributed by atoms with Gasteiger partial charge in [-0.05, 0) is 48.6 Å². The first-order chi connectivity index (χ1) is 8.61. The van der Waals surface area contributed by atoms with Crippen molar-refractivity contribution >= 4 is 22.9 Å². The highest BCUT2D eigenvalue weighted by molar-refractivity contribution is 7.12. The van der Waals surface area contributed by atoms with E-state index in [4.69, 9.17) is 4.74 Å². The van der Waals surface area contributed by atoms with Crippen molar-refractivity contribution in [2.45, 2.75) is 13.8 Å².